The first-order valence-corrected chi connectivity index (χ1v) is 9.46. The minimum atomic E-state index is -0.238. The fourth-order valence-corrected chi connectivity index (χ4v) is 3.56. The molecule has 0 aliphatic carbocycles. The molecule has 1 aromatic heterocycles. The van der Waals surface area contributed by atoms with E-state index in [0.29, 0.717) is 29.2 Å². The van der Waals surface area contributed by atoms with Gasteiger partial charge in [-0.1, -0.05) is 0 Å². The standard InChI is InChI=1S/C19H26N6O2S/c1-12-7-14(15(20)10-22-2)19(21)16(8-12)28-25(4)11-17(26)23-13-5-6-24(3)18(27)9-13/h5-9,20,22H,10-11,21H2,1-4H3,(H,23,26). The van der Waals surface area contributed by atoms with Crippen LogP contribution >= 0.6 is 11.9 Å². The second-order valence-electron chi connectivity index (χ2n) is 6.52. The van der Waals surface area contributed by atoms with E-state index >= 15 is 0 Å². The third-order valence-corrected chi connectivity index (χ3v) is 4.95. The lowest BCUT2D eigenvalue weighted by Gasteiger charge is -2.19. The molecular weight excluding hydrogens is 376 g/mol. The largest absolute Gasteiger partial charge is 0.397 e. The molecule has 5 N–H and O–H groups in total. The first-order valence-electron chi connectivity index (χ1n) is 8.69. The Balaban J connectivity index is 2.06. The van der Waals surface area contributed by atoms with Crippen LogP contribution in [0.1, 0.15) is 11.1 Å². The number of aryl methyl sites for hydroxylation is 2. The van der Waals surface area contributed by atoms with Crippen molar-refractivity contribution in [3.8, 4) is 0 Å². The summed E-state index contributed by atoms with van der Waals surface area (Å²) >= 11 is 1.34. The lowest BCUT2D eigenvalue weighted by Crippen LogP contribution is -2.27. The van der Waals surface area contributed by atoms with E-state index in [9.17, 15) is 9.59 Å². The van der Waals surface area contributed by atoms with Crippen molar-refractivity contribution in [2.24, 2.45) is 7.05 Å². The number of anilines is 2. The van der Waals surface area contributed by atoms with Gasteiger partial charge in [0, 0.05) is 42.0 Å². The lowest BCUT2D eigenvalue weighted by atomic mass is 10.0. The van der Waals surface area contributed by atoms with Gasteiger partial charge in [-0.15, -0.1) is 0 Å². The Morgan fingerprint density at radius 3 is 2.71 bits per heavy atom. The Bertz CT molecular complexity index is 941. The highest BCUT2D eigenvalue weighted by molar-refractivity contribution is 7.97. The second kappa shape index (κ2) is 9.54. The van der Waals surface area contributed by atoms with Gasteiger partial charge in [-0.25, -0.2) is 4.31 Å². The molecule has 0 saturated carbocycles. The molecule has 0 unspecified atom stereocenters. The van der Waals surface area contributed by atoms with Crippen molar-refractivity contribution >= 4 is 34.9 Å². The first kappa shape index (κ1) is 21.7. The number of likely N-dealkylation sites (N-methyl/N-ethyl adjacent to an activating group) is 2. The maximum Gasteiger partial charge on any atom is 0.252 e. The maximum absolute atomic E-state index is 12.3. The molecule has 0 atom stereocenters. The van der Waals surface area contributed by atoms with Crippen LogP contribution < -0.4 is 21.9 Å². The first-order chi connectivity index (χ1) is 13.2. The predicted molar refractivity (Wildman–Crippen MR) is 115 cm³/mol. The number of nitrogen functional groups attached to an aromatic ring is 1. The van der Waals surface area contributed by atoms with E-state index in [4.69, 9.17) is 11.1 Å². The number of hydrogen-bond donors (Lipinski definition) is 4. The number of nitrogens with zero attached hydrogens (tertiary/aromatic N) is 2. The fourth-order valence-electron chi connectivity index (χ4n) is 2.59. The number of hydrogen-bond acceptors (Lipinski definition) is 7. The van der Waals surface area contributed by atoms with Gasteiger partial charge in [-0.05, 0) is 56.7 Å². The van der Waals surface area contributed by atoms with Crippen LogP contribution in [0.5, 0.6) is 0 Å². The summed E-state index contributed by atoms with van der Waals surface area (Å²) in [5, 5.41) is 13.8. The van der Waals surface area contributed by atoms with Crippen molar-refractivity contribution in [1.29, 1.82) is 5.41 Å². The monoisotopic (exact) mass is 402 g/mol. The SMILES string of the molecule is CNCC(=N)c1cc(C)cc(SN(C)CC(=O)Nc2ccn(C)c(=O)c2)c1N. The summed E-state index contributed by atoms with van der Waals surface area (Å²) in [4.78, 5) is 24.7. The summed E-state index contributed by atoms with van der Waals surface area (Å²) < 4.78 is 3.19. The average molecular weight is 403 g/mol. The Morgan fingerprint density at radius 1 is 1.36 bits per heavy atom. The number of rotatable bonds is 8. The second-order valence-corrected chi connectivity index (χ2v) is 7.77. The Labute approximate surface area is 168 Å². The quantitative estimate of drug-likeness (QED) is 0.302. The number of nitrogens with one attached hydrogen (secondary N) is 3. The molecule has 0 aliphatic rings. The molecule has 0 radical (unpaired) electrons. The Kier molecular flexibility index (Phi) is 7.38. The van der Waals surface area contributed by atoms with Crippen LogP contribution in [0.2, 0.25) is 0 Å². The third-order valence-electron chi connectivity index (χ3n) is 3.97. The molecule has 150 valence electrons. The lowest BCUT2D eigenvalue weighted by molar-refractivity contribution is -0.116. The Hall–Kier alpha value is -2.62. The summed E-state index contributed by atoms with van der Waals surface area (Å²) in [6.07, 6.45) is 1.60. The van der Waals surface area contributed by atoms with Gasteiger partial charge in [0.1, 0.15) is 0 Å². The number of pyridine rings is 1. The summed E-state index contributed by atoms with van der Waals surface area (Å²) in [6.45, 7) is 2.48. The van der Waals surface area contributed by atoms with Gasteiger partial charge in [0.15, 0.2) is 0 Å². The summed E-state index contributed by atoms with van der Waals surface area (Å²) in [5.74, 6) is -0.238. The molecule has 8 nitrogen and oxygen atoms in total. The van der Waals surface area contributed by atoms with Gasteiger partial charge >= 0.3 is 0 Å². The van der Waals surface area contributed by atoms with E-state index in [2.05, 4.69) is 10.6 Å². The molecule has 0 fully saturated rings. The van der Waals surface area contributed by atoms with Crippen LogP contribution in [-0.2, 0) is 11.8 Å². The van der Waals surface area contributed by atoms with E-state index < -0.39 is 0 Å². The number of amides is 1. The topological polar surface area (TPSA) is 116 Å². The zero-order chi connectivity index (χ0) is 20.8. The molecule has 0 bridgehead atoms. The van der Waals surface area contributed by atoms with Crippen LogP contribution in [-0.4, -0.2) is 47.7 Å². The molecular formula is C19H26N6O2S. The summed E-state index contributed by atoms with van der Waals surface area (Å²) in [6, 6.07) is 6.88. The van der Waals surface area contributed by atoms with Gasteiger partial charge in [0.05, 0.1) is 17.9 Å². The number of aromatic nitrogens is 1. The molecule has 1 amide bonds. The summed E-state index contributed by atoms with van der Waals surface area (Å²) in [5.41, 5.74) is 9.15. The van der Waals surface area contributed by atoms with E-state index in [0.717, 1.165) is 10.5 Å². The molecule has 0 aliphatic heterocycles. The Morgan fingerprint density at radius 2 is 2.07 bits per heavy atom. The molecule has 1 aromatic carbocycles. The van der Waals surface area contributed by atoms with Gasteiger partial charge in [0.2, 0.25) is 5.91 Å². The normalized spacial score (nSPS) is 10.9. The highest BCUT2D eigenvalue weighted by atomic mass is 32.2. The van der Waals surface area contributed by atoms with Gasteiger partial charge in [-0.3, -0.25) is 9.59 Å². The van der Waals surface area contributed by atoms with Crippen molar-refractivity contribution in [2.75, 3.05) is 38.2 Å². The fraction of sp³-hybridized carbons (Fsp3) is 0.316. The molecule has 28 heavy (non-hydrogen) atoms. The highest BCUT2D eigenvalue weighted by Crippen LogP contribution is 2.31. The van der Waals surface area contributed by atoms with E-state index in [-0.39, 0.29) is 18.0 Å². The van der Waals surface area contributed by atoms with E-state index in [1.807, 2.05) is 19.1 Å². The van der Waals surface area contributed by atoms with Crippen LogP contribution in [0.3, 0.4) is 0 Å². The van der Waals surface area contributed by atoms with Crippen LogP contribution in [0, 0.1) is 12.3 Å². The number of carbonyl (C=O) groups excluding carboxylic acids is 1. The minimum absolute atomic E-state index is 0.108. The average Bonchev–Trinajstić information content (AvgIpc) is 2.61. The minimum Gasteiger partial charge on any atom is -0.397 e. The van der Waals surface area contributed by atoms with E-state index in [1.54, 1.807) is 37.7 Å². The van der Waals surface area contributed by atoms with Gasteiger partial charge in [-0.2, -0.15) is 0 Å². The smallest absolute Gasteiger partial charge is 0.252 e. The van der Waals surface area contributed by atoms with Gasteiger partial charge < -0.3 is 26.3 Å². The van der Waals surface area contributed by atoms with Crippen LogP contribution in [0.15, 0.2) is 40.2 Å². The van der Waals surface area contributed by atoms with Crippen LogP contribution in [0.25, 0.3) is 0 Å². The number of carbonyl (C=O) groups is 1. The zero-order valence-corrected chi connectivity index (χ0v) is 17.3. The molecule has 2 rings (SSSR count). The number of benzene rings is 1. The zero-order valence-electron chi connectivity index (χ0n) is 16.5. The van der Waals surface area contributed by atoms with Crippen molar-refractivity contribution in [3.05, 3.63) is 51.9 Å². The highest BCUT2D eigenvalue weighted by Gasteiger charge is 2.15. The molecule has 2 aromatic rings. The molecule has 0 saturated heterocycles. The van der Waals surface area contributed by atoms with E-state index in [1.165, 1.54) is 22.6 Å². The molecule has 1 heterocycles. The molecule has 0 spiro atoms. The van der Waals surface area contributed by atoms with Crippen LogP contribution in [0.4, 0.5) is 11.4 Å². The number of nitrogens with two attached hydrogens (primary N) is 1. The summed E-state index contributed by atoms with van der Waals surface area (Å²) in [7, 11) is 5.22. The predicted octanol–water partition coefficient (Wildman–Crippen LogP) is 1.44. The van der Waals surface area contributed by atoms with Crippen molar-refractivity contribution in [1.82, 2.24) is 14.2 Å². The third kappa shape index (κ3) is 5.69. The van der Waals surface area contributed by atoms with Crippen molar-refractivity contribution in [2.45, 2.75) is 11.8 Å². The van der Waals surface area contributed by atoms with Crippen molar-refractivity contribution < 1.29 is 4.79 Å². The van der Waals surface area contributed by atoms with Gasteiger partial charge in [0.25, 0.3) is 5.56 Å². The molecule has 9 heteroatoms. The van der Waals surface area contributed by atoms with Crippen molar-refractivity contribution in [3.63, 3.8) is 0 Å². The maximum atomic E-state index is 12.3.